The minimum absolute atomic E-state index is 0.333. The Morgan fingerprint density at radius 3 is 2.52 bits per heavy atom. The average molecular weight is 300 g/mol. The Balaban J connectivity index is 1.79. The lowest BCUT2D eigenvalue weighted by molar-refractivity contribution is 0.185. The number of nitrogens with zero attached hydrogens (tertiary/aromatic N) is 1. The summed E-state index contributed by atoms with van der Waals surface area (Å²) < 4.78 is 0. The number of rotatable bonds is 4. The fourth-order valence-electron chi connectivity index (χ4n) is 3.14. The summed E-state index contributed by atoms with van der Waals surface area (Å²) in [5.74, 6) is 0.582. The molecule has 2 heterocycles. The summed E-state index contributed by atoms with van der Waals surface area (Å²) in [7, 11) is 0. The molecule has 3 heteroatoms. The zero-order valence-electron chi connectivity index (χ0n) is 12.9. The molecule has 0 saturated heterocycles. The van der Waals surface area contributed by atoms with Crippen LogP contribution in [0.2, 0.25) is 0 Å². The second-order valence-corrected chi connectivity index (χ2v) is 7.16. The number of nitrogens with two attached hydrogens (primary N) is 1. The van der Waals surface area contributed by atoms with Crippen molar-refractivity contribution >= 4 is 11.3 Å². The van der Waals surface area contributed by atoms with E-state index in [-0.39, 0.29) is 0 Å². The van der Waals surface area contributed by atoms with Crippen molar-refractivity contribution in [1.29, 1.82) is 0 Å². The lowest BCUT2D eigenvalue weighted by atomic mass is 9.97. The monoisotopic (exact) mass is 300 g/mol. The molecule has 2 nitrogen and oxygen atoms in total. The first-order valence-electron chi connectivity index (χ1n) is 7.78. The van der Waals surface area contributed by atoms with Gasteiger partial charge in [0.25, 0.3) is 0 Å². The summed E-state index contributed by atoms with van der Waals surface area (Å²) in [6.07, 6.45) is 1.16. The van der Waals surface area contributed by atoms with Gasteiger partial charge in [-0.05, 0) is 40.5 Å². The third kappa shape index (κ3) is 3.05. The first kappa shape index (κ1) is 14.8. The predicted molar refractivity (Wildman–Crippen MR) is 90.8 cm³/mol. The maximum Gasteiger partial charge on any atom is 0.0474 e. The minimum atomic E-state index is 0.333. The first-order valence-corrected chi connectivity index (χ1v) is 8.66. The number of benzene rings is 1. The Kier molecular flexibility index (Phi) is 4.43. The molecule has 1 aliphatic heterocycles. The minimum Gasteiger partial charge on any atom is -0.329 e. The quantitative estimate of drug-likeness (QED) is 0.927. The maximum absolute atomic E-state index is 6.09. The average Bonchev–Trinajstić information content (AvgIpc) is 2.96. The fraction of sp³-hybridized carbons (Fsp3) is 0.444. The smallest absolute Gasteiger partial charge is 0.0474 e. The van der Waals surface area contributed by atoms with Gasteiger partial charge >= 0.3 is 0 Å². The van der Waals surface area contributed by atoms with Gasteiger partial charge in [0, 0.05) is 30.6 Å². The Morgan fingerprint density at radius 2 is 1.86 bits per heavy atom. The highest BCUT2D eigenvalue weighted by Crippen LogP contribution is 2.30. The molecule has 1 atom stereocenters. The molecule has 0 spiro atoms. The molecule has 2 N–H and O–H groups in total. The Bertz CT molecular complexity index is 586. The Hall–Kier alpha value is -1.16. The molecular weight excluding hydrogens is 276 g/mol. The molecule has 0 radical (unpaired) electrons. The molecule has 0 amide bonds. The van der Waals surface area contributed by atoms with Crippen molar-refractivity contribution in [3.05, 3.63) is 57.3 Å². The van der Waals surface area contributed by atoms with Crippen LogP contribution in [0.15, 0.2) is 35.7 Å². The van der Waals surface area contributed by atoms with E-state index < -0.39 is 0 Å². The van der Waals surface area contributed by atoms with Crippen LogP contribution in [0.25, 0.3) is 0 Å². The number of hydrogen-bond acceptors (Lipinski definition) is 3. The summed E-state index contributed by atoms with van der Waals surface area (Å²) in [6, 6.07) is 11.6. The van der Waals surface area contributed by atoms with E-state index in [2.05, 4.69) is 54.5 Å². The Labute approximate surface area is 131 Å². The van der Waals surface area contributed by atoms with E-state index in [4.69, 9.17) is 5.73 Å². The van der Waals surface area contributed by atoms with Gasteiger partial charge in [-0.1, -0.05) is 38.1 Å². The summed E-state index contributed by atoms with van der Waals surface area (Å²) in [5.41, 5.74) is 10.3. The van der Waals surface area contributed by atoms with Crippen LogP contribution in [0, 0.1) is 0 Å². The van der Waals surface area contributed by atoms with Crippen molar-refractivity contribution in [2.24, 2.45) is 5.73 Å². The van der Waals surface area contributed by atoms with E-state index in [9.17, 15) is 0 Å². The lowest BCUT2D eigenvalue weighted by Crippen LogP contribution is -2.37. The van der Waals surface area contributed by atoms with Gasteiger partial charge < -0.3 is 5.73 Å². The van der Waals surface area contributed by atoms with Gasteiger partial charge in [-0.2, -0.15) is 0 Å². The number of thiophene rings is 1. The van der Waals surface area contributed by atoms with Gasteiger partial charge in [0.1, 0.15) is 0 Å². The molecule has 21 heavy (non-hydrogen) atoms. The van der Waals surface area contributed by atoms with Gasteiger partial charge in [-0.15, -0.1) is 11.3 Å². The third-order valence-electron chi connectivity index (χ3n) is 4.49. The lowest BCUT2D eigenvalue weighted by Gasteiger charge is -2.34. The molecule has 1 aromatic carbocycles. The normalized spacial score (nSPS) is 17.0. The van der Waals surface area contributed by atoms with E-state index in [1.807, 2.05) is 11.3 Å². The molecule has 0 saturated carbocycles. The summed E-state index contributed by atoms with van der Waals surface area (Å²) in [4.78, 5) is 4.08. The second-order valence-electron chi connectivity index (χ2n) is 6.16. The van der Waals surface area contributed by atoms with Gasteiger partial charge in [0.15, 0.2) is 0 Å². The van der Waals surface area contributed by atoms with E-state index in [1.54, 1.807) is 4.88 Å². The SMILES string of the molecule is CC(C)c1ccc([C@@H](CN)N2CCc3sccc3C2)cc1. The molecule has 0 fully saturated rings. The second kappa shape index (κ2) is 6.30. The van der Waals surface area contributed by atoms with Crippen molar-refractivity contribution in [2.75, 3.05) is 13.1 Å². The van der Waals surface area contributed by atoms with Crippen LogP contribution < -0.4 is 5.73 Å². The molecule has 0 unspecified atom stereocenters. The van der Waals surface area contributed by atoms with Crippen molar-refractivity contribution in [2.45, 2.75) is 38.8 Å². The van der Waals surface area contributed by atoms with E-state index in [0.29, 0.717) is 18.5 Å². The van der Waals surface area contributed by atoms with Crippen LogP contribution in [0.1, 0.15) is 47.4 Å². The largest absolute Gasteiger partial charge is 0.329 e. The highest BCUT2D eigenvalue weighted by Gasteiger charge is 2.24. The van der Waals surface area contributed by atoms with E-state index >= 15 is 0 Å². The molecule has 2 aromatic rings. The van der Waals surface area contributed by atoms with Gasteiger partial charge in [-0.3, -0.25) is 4.90 Å². The highest BCUT2D eigenvalue weighted by atomic mass is 32.1. The van der Waals surface area contributed by atoms with Crippen LogP contribution in [0.4, 0.5) is 0 Å². The zero-order valence-corrected chi connectivity index (χ0v) is 13.7. The Morgan fingerprint density at radius 1 is 1.14 bits per heavy atom. The highest BCUT2D eigenvalue weighted by molar-refractivity contribution is 7.10. The topological polar surface area (TPSA) is 29.3 Å². The molecular formula is C18H24N2S. The van der Waals surface area contributed by atoms with Crippen molar-refractivity contribution in [3.63, 3.8) is 0 Å². The molecule has 3 rings (SSSR count). The first-order chi connectivity index (χ1) is 10.2. The summed E-state index contributed by atoms with van der Waals surface area (Å²) in [5, 5.41) is 2.21. The molecule has 0 bridgehead atoms. The number of hydrogen-bond donors (Lipinski definition) is 1. The molecule has 1 aromatic heterocycles. The maximum atomic E-state index is 6.09. The van der Waals surface area contributed by atoms with Crippen molar-refractivity contribution in [3.8, 4) is 0 Å². The molecule has 112 valence electrons. The van der Waals surface area contributed by atoms with Crippen molar-refractivity contribution in [1.82, 2.24) is 4.90 Å². The number of fused-ring (bicyclic) bond motifs is 1. The molecule has 0 aliphatic carbocycles. The standard InChI is InChI=1S/C18H24N2S/c1-13(2)14-3-5-15(6-4-14)17(11-19)20-9-7-18-16(12-20)8-10-21-18/h3-6,8,10,13,17H,7,9,11-12,19H2,1-2H3/t17-/m1/s1. The van der Waals surface area contributed by atoms with E-state index in [1.165, 1.54) is 16.7 Å². The van der Waals surface area contributed by atoms with Crippen LogP contribution in [-0.2, 0) is 13.0 Å². The van der Waals surface area contributed by atoms with E-state index in [0.717, 1.165) is 19.5 Å². The third-order valence-corrected chi connectivity index (χ3v) is 5.51. The van der Waals surface area contributed by atoms with Crippen LogP contribution in [0.5, 0.6) is 0 Å². The predicted octanol–water partition coefficient (Wildman–Crippen LogP) is 3.93. The summed E-state index contributed by atoms with van der Waals surface area (Å²) in [6.45, 7) is 7.30. The van der Waals surface area contributed by atoms with Gasteiger partial charge in [0.05, 0.1) is 0 Å². The zero-order chi connectivity index (χ0) is 14.8. The van der Waals surface area contributed by atoms with Gasteiger partial charge in [0.2, 0.25) is 0 Å². The van der Waals surface area contributed by atoms with Crippen molar-refractivity contribution < 1.29 is 0 Å². The van der Waals surface area contributed by atoms with Crippen LogP contribution in [0.3, 0.4) is 0 Å². The summed E-state index contributed by atoms with van der Waals surface area (Å²) >= 11 is 1.89. The fourth-order valence-corrected chi connectivity index (χ4v) is 4.03. The van der Waals surface area contributed by atoms with Gasteiger partial charge in [-0.25, -0.2) is 0 Å². The van der Waals surface area contributed by atoms with Crippen LogP contribution in [-0.4, -0.2) is 18.0 Å². The molecule has 1 aliphatic rings. The van der Waals surface area contributed by atoms with Crippen LogP contribution >= 0.6 is 11.3 Å².